The normalized spacial score (nSPS) is 9.71. The van der Waals surface area contributed by atoms with Crippen molar-refractivity contribution < 1.29 is 14.7 Å². The van der Waals surface area contributed by atoms with Gasteiger partial charge in [0.2, 0.25) is 0 Å². The van der Waals surface area contributed by atoms with Crippen molar-refractivity contribution in [2.24, 2.45) is 0 Å². The van der Waals surface area contributed by atoms with Crippen LogP contribution in [0.25, 0.3) is 0 Å². The van der Waals surface area contributed by atoms with Crippen molar-refractivity contribution in [1.82, 2.24) is 10.2 Å². The first-order valence-corrected chi connectivity index (χ1v) is 5.42. The van der Waals surface area contributed by atoms with Gasteiger partial charge in [-0.3, -0.25) is 4.79 Å². The maximum atomic E-state index is 11.6. The fraction of sp³-hybridized carbons (Fsp3) is 0.333. The Morgan fingerprint density at radius 3 is 2.47 bits per heavy atom. The monoisotopic (exact) mass is 236 g/mol. The Morgan fingerprint density at radius 2 is 1.94 bits per heavy atom. The van der Waals surface area contributed by atoms with Crippen molar-refractivity contribution in [2.75, 3.05) is 13.1 Å². The summed E-state index contributed by atoms with van der Waals surface area (Å²) in [7, 11) is 0. The summed E-state index contributed by atoms with van der Waals surface area (Å²) in [6.45, 7) is 2.50. The van der Waals surface area contributed by atoms with Crippen molar-refractivity contribution in [1.29, 1.82) is 0 Å². The second kappa shape index (κ2) is 6.52. The zero-order valence-electron chi connectivity index (χ0n) is 9.72. The zero-order valence-corrected chi connectivity index (χ0v) is 9.72. The van der Waals surface area contributed by atoms with E-state index in [1.54, 1.807) is 4.90 Å². The molecule has 0 heterocycles. The van der Waals surface area contributed by atoms with E-state index < -0.39 is 5.97 Å². The Balaban J connectivity index is 2.53. The summed E-state index contributed by atoms with van der Waals surface area (Å²) in [4.78, 5) is 23.5. The van der Waals surface area contributed by atoms with Gasteiger partial charge in [-0.05, 0) is 12.5 Å². The number of hydrogen-bond acceptors (Lipinski definition) is 2. The molecule has 17 heavy (non-hydrogen) atoms. The highest BCUT2D eigenvalue weighted by atomic mass is 16.4. The SMILES string of the molecule is CCN(Cc1ccccc1)C(=O)NCC(=O)O. The van der Waals surface area contributed by atoms with Gasteiger partial charge in [-0.25, -0.2) is 4.79 Å². The van der Waals surface area contributed by atoms with Gasteiger partial charge >= 0.3 is 12.0 Å². The van der Waals surface area contributed by atoms with Crippen molar-refractivity contribution in [3.05, 3.63) is 35.9 Å². The van der Waals surface area contributed by atoms with E-state index in [-0.39, 0.29) is 12.6 Å². The first-order valence-electron chi connectivity index (χ1n) is 5.42. The van der Waals surface area contributed by atoms with E-state index in [4.69, 9.17) is 5.11 Å². The molecule has 2 N–H and O–H groups in total. The van der Waals surface area contributed by atoms with Gasteiger partial charge in [-0.1, -0.05) is 30.3 Å². The number of carboxylic acids is 1. The number of rotatable bonds is 5. The minimum Gasteiger partial charge on any atom is -0.480 e. The van der Waals surface area contributed by atoms with Crippen LogP contribution in [0.2, 0.25) is 0 Å². The van der Waals surface area contributed by atoms with Crippen LogP contribution in [0.3, 0.4) is 0 Å². The summed E-state index contributed by atoms with van der Waals surface area (Å²) in [5.74, 6) is -1.05. The number of carbonyl (C=O) groups is 2. The summed E-state index contributed by atoms with van der Waals surface area (Å²) in [6, 6.07) is 9.19. The number of hydrogen-bond donors (Lipinski definition) is 2. The third kappa shape index (κ3) is 4.55. The average Bonchev–Trinajstić information content (AvgIpc) is 2.34. The Hall–Kier alpha value is -2.04. The number of carbonyl (C=O) groups excluding carboxylic acids is 1. The minimum atomic E-state index is -1.05. The standard InChI is InChI=1S/C12H16N2O3/c1-2-14(12(17)13-8-11(15)16)9-10-6-4-3-5-7-10/h3-7H,2,8-9H2,1H3,(H,13,17)(H,15,16). The number of aliphatic carboxylic acids is 1. The number of benzene rings is 1. The van der Waals surface area contributed by atoms with Crippen LogP contribution in [-0.4, -0.2) is 35.1 Å². The Bertz CT molecular complexity index is 379. The van der Waals surface area contributed by atoms with Crippen LogP contribution in [0.5, 0.6) is 0 Å². The molecule has 1 aromatic carbocycles. The van der Waals surface area contributed by atoms with E-state index in [1.807, 2.05) is 37.3 Å². The second-order valence-electron chi connectivity index (χ2n) is 3.55. The molecule has 0 unspecified atom stereocenters. The first kappa shape index (κ1) is 13.0. The fourth-order valence-corrected chi connectivity index (χ4v) is 1.39. The Kier molecular flexibility index (Phi) is 5.00. The highest BCUT2D eigenvalue weighted by molar-refractivity contribution is 5.79. The third-order valence-corrected chi connectivity index (χ3v) is 2.28. The van der Waals surface area contributed by atoms with Crippen LogP contribution >= 0.6 is 0 Å². The van der Waals surface area contributed by atoms with E-state index in [0.29, 0.717) is 13.1 Å². The molecule has 92 valence electrons. The fourth-order valence-electron chi connectivity index (χ4n) is 1.39. The first-order chi connectivity index (χ1) is 8.13. The number of amides is 2. The highest BCUT2D eigenvalue weighted by Gasteiger charge is 2.12. The molecule has 0 atom stereocenters. The summed E-state index contributed by atoms with van der Waals surface area (Å²) in [6.07, 6.45) is 0. The molecule has 0 spiro atoms. The van der Waals surface area contributed by atoms with Crippen LogP contribution in [0.4, 0.5) is 4.79 Å². The molecule has 0 saturated carbocycles. The van der Waals surface area contributed by atoms with Gasteiger partial charge in [0, 0.05) is 13.1 Å². The van der Waals surface area contributed by atoms with Crippen LogP contribution in [0.1, 0.15) is 12.5 Å². The van der Waals surface area contributed by atoms with Crippen LogP contribution in [0, 0.1) is 0 Å². The minimum absolute atomic E-state index is 0.357. The second-order valence-corrected chi connectivity index (χ2v) is 3.55. The van der Waals surface area contributed by atoms with Gasteiger partial charge < -0.3 is 15.3 Å². The molecule has 0 aromatic heterocycles. The van der Waals surface area contributed by atoms with Gasteiger partial charge in [-0.2, -0.15) is 0 Å². The number of carboxylic acid groups (broad SMARTS) is 1. The summed E-state index contributed by atoms with van der Waals surface area (Å²) < 4.78 is 0. The molecule has 0 bridgehead atoms. The lowest BCUT2D eigenvalue weighted by molar-refractivity contribution is -0.135. The predicted molar refractivity (Wildman–Crippen MR) is 63.6 cm³/mol. The van der Waals surface area contributed by atoms with Crippen molar-refractivity contribution in [3.8, 4) is 0 Å². The molecular formula is C12H16N2O3. The molecule has 5 nitrogen and oxygen atoms in total. The summed E-state index contributed by atoms with van der Waals surface area (Å²) >= 11 is 0. The van der Waals surface area contributed by atoms with Crippen LogP contribution < -0.4 is 5.32 Å². The third-order valence-electron chi connectivity index (χ3n) is 2.28. The molecule has 5 heteroatoms. The lowest BCUT2D eigenvalue weighted by Crippen LogP contribution is -2.41. The molecule has 0 saturated heterocycles. The van der Waals surface area contributed by atoms with Gasteiger partial charge in [-0.15, -0.1) is 0 Å². The van der Waals surface area contributed by atoms with Gasteiger partial charge in [0.05, 0.1) is 0 Å². The Labute approximate surface area is 100 Å². The number of urea groups is 1. The van der Waals surface area contributed by atoms with Crippen molar-refractivity contribution >= 4 is 12.0 Å². The molecule has 1 rings (SSSR count). The molecule has 0 fully saturated rings. The summed E-state index contributed by atoms with van der Waals surface area (Å²) in [5, 5.41) is 10.8. The van der Waals surface area contributed by atoms with E-state index in [1.165, 1.54) is 0 Å². The van der Waals surface area contributed by atoms with E-state index in [2.05, 4.69) is 5.32 Å². The van der Waals surface area contributed by atoms with Gasteiger partial charge in [0.15, 0.2) is 0 Å². The van der Waals surface area contributed by atoms with Crippen LogP contribution in [-0.2, 0) is 11.3 Å². The van der Waals surface area contributed by atoms with E-state index >= 15 is 0 Å². The quantitative estimate of drug-likeness (QED) is 0.809. The van der Waals surface area contributed by atoms with Crippen molar-refractivity contribution in [3.63, 3.8) is 0 Å². The average molecular weight is 236 g/mol. The smallest absolute Gasteiger partial charge is 0.323 e. The van der Waals surface area contributed by atoms with Gasteiger partial charge in [0.1, 0.15) is 6.54 Å². The number of nitrogens with zero attached hydrogens (tertiary/aromatic N) is 1. The lowest BCUT2D eigenvalue weighted by Gasteiger charge is -2.20. The largest absolute Gasteiger partial charge is 0.480 e. The highest BCUT2D eigenvalue weighted by Crippen LogP contribution is 2.04. The van der Waals surface area contributed by atoms with Crippen molar-refractivity contribution in [2.45, 2.75) is 13.5 Å². The lowest BCUT2D eigenvalue weighted by atomic mass is 10.2. The number of nitrogens with one attached hydrogen (secondary N) is 1. The topological polar surface area (TPSA) is 69.6 Å². The van der Waals surface area contributed by atoms with Crippen LogP contribution in [0.15, 0.2) is 30.3 Å². The molecule has 1 aromatic rings. The van der Waals surface area contributed by atoms with E-state index in [9.17, 15) is 9.59 Å². The maximum Gasteiger partial charge on any atom is 0.323 e. The Morgan fingerprint density at radius 1 is 1.29 bits per heavy atom. The summed E-state index contributed by atoms with van der Waals surface area (Å²) in [5.41, 5.74) is 1.01. The predicted octanol–water partition coefficient (Wildman–Crippen LogP) is 1.30. The molecular weight excluding hydrogens is 220 g/mol. The molecule has 0 aliphatic heterocycles. The molecule has 0 aliphatic rings. The zero-order chi connectivity index (χ0) is 12.7. The maximum absolute atomic E-state index is 11.6. The van der Waals surface area contributed by atoms with Gasteiger partial charge in [0.25, 0.3) is 0 Å². The van der Waals surface area contributed by atoms with E-state index in [0.717, 1.165) is 5.56 Å². The molecule has 2 amide bonds. The molecule has 0 aliphatic carbocycles. The molecule has 0 radical (unpaired) electrons.